The van der Waals surface area contributed by atoms with Gasteiger partial charge in [0, 0.05) is 19.7 Å². The standard InChI is InChI=1S/C6H13N3.C2H6/c1-5(2)6(7-3)9-8-4;1-2/h5H,4H2,1-3H3,(H,7,9);1-2H3. The molecule has 0 rings (SSSR count). The van der Waals surface area contributed by atoms with Gasteiger partial charge in [0.05, 0.1) is 0 Å². The van der Waals surface area contributed by atoms with Crippen molar-refractivity contribution in [1.82, 2.24) is 5.43 Å². The van der Waals surface area contributed by atoms with Crippen LogP contribution in [0, 0.1) is 5.92 Å². The molecule has 3 heteroatoms. The molecule has 0 fully saturated rings. The van der Waals surface area contributed by atoms with E-state index in [9.17, 15) is 0 Å². The second-order valence-corrected chi connectivity index (χ2v) is 2.03. The van der Waals surface area contributed by atoms with E-state index in [1.54, 1.807) is 7.05 Å². The molecule has 0 aliphatic carbocycles. The van der Waals surface area contributed by atoms with Crippen LogP contribution in [0.2, 0.25) is 0 Å². The largest absolute Gasteiger partial charge is 0.274 e. The monoisotopic (exact) mass is 157 g/mol. The van der Waals surface area contributed by atoms with Crippen LogP contribution in [0.4, 0.5) is 0 Å². The highest BCUT2D eigenvalue weighted by molar-refractivity contribution is 5.83. The van der Waals surface area contributed by atoms with Crippen LogP contribution < -0.4 is 5.43 Å². The van der Waals surface area contributed by atoms with E-state index in [2.05, 4.69) is 22.2 Å². The molecule has 0 spiro atoms. The van der Waals surface area contributed by atoms with Crippen LogP contribution in [0.25, 0.3) is 0 Å². The lowest BCUT2D eigenvalue weighted by atomic mass is 10.2. The topological polar surface area (TPSA) is 36.8 Å². The summed E-state index contributed by atoms with van der Waals surface area (Å²) >= 11 is 0. The molecule has 0 bridgehead atoms. The molecule has 0 aliphatic heterocycles. The van der Waals surface area contributed by atoms with E-state index in [1.165, 1.54) is 0 Å². The minimum atomic E-state index is 0.389. The lowest BCUT2D eigenvalue weighted by Crippen LogP contribution is -2.22. The first-order valence-electron chi connectivity index (χ1n) is 3.90. The SMILES string of the molecule is C=NNC(=NC)C(C)C.CC. The molecule has 0 heterocycles. The van der Waals surface area contributed by atoms with E-state index in [-0.39, 0.29) is 0 Å². The molecule has 0 aliphatic rings. The van der Waals surface area contributed by atoms with Crippen LogP contribution >= 0.6 is 0 Å². The Morgan fingerprint density at radius 2 is 1.82 bits per heavy atom. The van der Waals surface area contributed by atoms with Crippen molar-refractivity contribution in [2.45, 2.75) is 27.7 Å². The van der Waals surface area contributed by atoms with Gasteiger partial charge in [0.2, 0.25) is 0 Å². The molecule has 66 valence electrons. The molecule has 0 radical (unpaired) electrons. The molecule has 0 atom stereocenters. The maximum absolute atomic E-state index is 3.95. The summed E-state index contributed by atoms with van der Waals surface area (Å²) in [5, 5.41) is 3.50. The van der Waals surface area contributed by atoms with Gasteiger partial charge in [-0.05, 0) is 0 Å². The summed E-state index contributed by atoms with van der Waals surface area (Å²) in [5.74, 6) is 1.26. The van der Waals surface area contributed by atoms with Gasteiger partial charge in [0.1, 0.15) is 5.84 Å². The molecular weight excluding hydrogens is 138 g/mol. The van der Waals surface area contributed by atoms with Crippen molar-refractivity contribution in [2.75, 3.05) is 7.05 Å². The van der Waals surface area contributed by atoms with Gasteiger partial charge in [-0.1, -0.05) is 27.7 Å². The average Bonchev–Trinajstić information content (AvgIpc) is 2.03. The number of nitrogens with zero attached hydrogens (tertiary/aromatic N) is 2. The van der Waals surface area contributed by atoms with Crippen LogP contribution in [0.3, 0.4) is 0 Å². The fourth-order valence-corrected chi connectivity index (χ4v) is 0.518. The van der Waals surface area contributed by atoms with Crippen LogP contribution in [0.15, 0.2) is 10.1 Å². The minimum Gasteiger partial charge on any atom is -0.274 e. The summed E-state index contributed by atoms with van der Waals surface area (Å²) in [6.07, 6.45) is 0. The van der Waals surface area contributed by atoms with E-state index in [0.717, 1.165) is 5.84 Å². The van der Waals surface area contributed by atoms with Crippen molar-refractivity contribution in [3.05, 3.63) is 0 Å². The highest BCUT2D eigenvalue weighted by Crippen LogP contribution is 1.92. The number of amidine groups is 1. The summed E-state index contributed by atoms with van der Waals surface area (Å²) in [6, 6.07) is 0. The summed E-state index contributed by atoms with van der Waals surface area (Å²) in [7, 11) is 1.73. The summed E-state index contributed by atoms with van der Waals surface area (Å²) in [4.78, 5) is 3.95. The van der Waals surface area contributed by atoms with E-state index in [1.807, 2.05) is 27.7 Å². The molecule has 11 heavy (non-hydrogen) atoms. The van der Waals surface area contributed by atoms with Crippen molar-refractivity contribution in [2.24, 2.45) is 16.0 Å². The van der Waals surface area contributed by atoms with Crippen LogP contribution in [0.5, 0.6) is 0 Å². The molecule has 0 aromatic carbocycles. The van der Waals surface area contributed by atoms with Crippen molar-refractivity contribution >= 4 is 12.6 Å². The Bertz CT molecular complexity index is 117. The Hall–Kier alpha value is -0.860. The highest BCUT2D eigenvalue weighted by atomic mass is 15.3. The van der Waals surface area contributed by atoms with Gasteiger partial charge < -0.3 is 0 Å². The molecule has 0 amide bonds. The van der Waals surface area contributed by atoms with Gasteiger partial charge in [-0.3, -0.25) is 10.4 Å². The van der Waals surface area contributed by atoms with Crippen molar-refractivity contribution in [1.29, 1.82) is 0 Å². The fourth-order valence-electron chi connectivity index (χ4n) is 0.518. The van der Waals surface area contributed by atoms with E-state index in [4.69, 9.17) is 0 Å². The van der Waals surface area contributed by atoms with E-state index in [0.29, 0.717) is 5.92 Å². The number of hydrogen-bond acceptors (Lipinski definition) is 2. The van der Waals surface area contributed by atoms with Gasteiger partial charge in [-0.2, -0.15) is 5.10 Å². The number of hydrogen-bond donors (Lipinski definition) is 1. The summed E-state index contributed by atoms with van der Waals surface area (Å²) in [6.45, 7) is 11.4. The lowest BCUT2D eigenvalue weighted by Gasteiger charge is -2.05. The predicted octanol–water partition coefficient (Wildman–Crippen LogP) is 1.90. The first-order chi connectivity index (χ1) is 5.22. The quantitative estimate of drug-likeness (QED) is 0.371. The third-order valence-corrected chi connectivity index (χ3v) is 0.981. The molecule has 0 aromatic rings. The maximum atomic E-state index is 3.95. The highest BCUT2D eigenvalue weighted by Gasteiger charge is 1.99. The van der Waals surface area contributed by atoms with Gasteiger partial charge >= 0.3 is 0 Å². The Labute approximate surface area is 69.6 Å². The average molecular weight is 157 g/mol. The van der Waals surface area contributed by atoms with Crippen molar-refractivity contribution in [3.8, 4) is 0 Å². The normalized spacial score (nSPS) is 10.2. The zero-order valence-electron chi connectivity index (χ0n) is 8.18. The third kappa shape index (κ3) is 7.03. The van der Waals surface area contributed by atoms with Gasteiger partial charge in [0.15, 0.2) is 0 Å². The number of hydrazone groups is 1. The van der Waals surface area contributed by atoms with Crippen LogP contribution in [-0.2, 0) is 0 Å². The molecule has 0 unspecified atom stereocenters. The second-order valence-electron chi connectivity index (χ2n) is 2.03. The minimum absolute atomic E-state index is 0.389. The molecule has 0 saturated carbocycles. The Balaban J connectivity index is 0. The summed E-state index contributed by atoms with van der Waals surface area (Å²) < 4.78 is 0. The predicted molar refractivity (Wildman–Crippen MR) is 52.2 cm³/mol. The summed E-state index contributed by atoms with van der Waals surface area (Å²) in [5.41, 5.74) is 2.70. The van der Waals surface area contributed by atoms with Crippen molar-refractivity contribution < 1.29 is 0 Å². The van der Waals surface area contributed by atoms with Gasteiger partial charge in [-0.25, -0.2) is 0 Å². The van der Waals surface area contributed by atoms with E-state index >= 15 is 0 Å². The smallest absolute Gasteiger partial charge is 0.119 e. The van der Waals surface area contributed by atoms with Crippen LogP contribution in [0.1, 0.15) is 27.7 Å². The number of rotatable bonds is 2. The Morgan fingerprint density at radius 1 is 1.36 bits per heavy atom. The lowest BCUT2D eigenvalue weighted by molar-refractivity contribution is 0.814. The Kier molecular flexibility index (Phi) is 10.6. The molecule has 0 saturated heterocycles. The first kappa shape index (κ1) is 12.8. The van der Waals surface area contributed by atoms with Crippen molar-refractivity contribution in [3.63, 3.8) is 0 Å². The third-order valence-electron chi connectivity index (χ3n) is 0.981. The number of aliphatic imine (C=N–C) groups is 1. The number of nitrogens with one attached hydrogen (secondary N) is 1. The fraction of sp³-hybridized carbons (Fsp3) is 0.750. The molecule has 1 N–H and O–H groups in total. The second kappa shape index (κ2) is 9.14. The zero-order valence-corrected chi connectivity index (χ0v) is 8.18. The van der Waals surface area contributed by atoms with Gasteiger partial charge in [-0.15, -0.1) is 0 Å². The van der Waals surface area contributed by atoms with E-state index < -0.39 is 0 Å². The zero-order chi connectivity index (χ0) is 9.28. The van der Waals surface area contributed by atoms with Gasteiger partial charge in [0.25, 0.3) is 0 Å². The molecule has 3 nitrogen and oxygen atoms in total. The van der Waals surface area contributed by atoms with Crippen LogP contribution in [-0.4, -0.2) is 19.6 Å². The maximum Gasteiger partial charge on any atom is 0.119 e. The molecular formula is C8H19N3. The first-order valence-corrected chi connectivity index (χ1v) is 3.90. The Morgan fingerprint density at radius 3 is 1.91 bits per heavy atom. The molecule has 0 aromatic heterocycles.